The Morgan fingerprint density at radius 1 is 1.58 bits per heavy atom. The number of hydrogen-bond acceptors (Lipinski definition) is 5. The smallest absolute Gasteiger partial charge is 0.328 e. The highest BCUT2D eigenvalue weighted by Crippen LogP contribution is 2.35. The van der Waals surface area contributed by atoms with Gasteiger partial charge in [0.1, 0.15) is 0 Å². The van der Waals surface area contributed by atoms with Crippen LogP contribution in [0.1, 0.15) is 18.1 Å². The number of carboxylic acid groups (broad SMARTS) is 1. The van der Waals surface area contributed by atoms with Crippen LogP contribution in [0.2, 0.25) is 0 Å². The standard InChI is InChI=1S/C16H19BrN2O5/c1-2-4-23-9-13(16(21)22)19-15(20)12-3-5-24-14(12)10-6-11(17)8-18-7-10/h2,6-8,12-14H,1,3-5,9H2,(H,19,20)(H,21,22)/t12-,13?,14+/m1/s1. The molecule has 1 aliphatic rings. The molecule has 8 heteroatoms. The van der Waals surface area contributed by atoms with Crippen LogP contribution >= 0.6 is 15.9 Å². The molecule has 0 bridgehead atoms. The normalized spacial score (nSPS) is 21.2. The van der Waals surface area contributed by atoms with Gasteiger partial charge in [0.25, 0.3) is 0 Å². The molecular formula is C16H19BrN2O5. The lowest BCUT2D eigenvalue weighted by molar-refractivity contribution is -0.144. The zero-order valence-corrected chi connectivity index (χ0v) is 14.6. The van der Waals surface area contributed by atoms with Gasteiger partial charge in [-0.2, -0.15) is 0 Å². The summed E-state index contributed by atoms with van der Waals surface area (Å²) >= 11 is 3.34. The van der Waals surface area contributed by atoms with Crippen molar-refractivity contribution in [1.82, 2.24) is 10.3 Å². The number of hydrogen-bond donors (Lipinski definition) is 2. The summed E-state index contributed by atoms with van der Waals surface area (Å²) in [6.07, 6.45) is 4.87. The van der Waals surface area contributed by atoms with Crippen molar-refractivity contribution in [1.29, 1.82) is 0 Å². The third kappa shape index (κ3) is 4.86. The maximum atomic E-state index is 12.5. The maximum Gasteiger partial charge on any atom is 0.328 e. The van der Waals surface area contributed by atoms with E-state index in [1.807, 2.05) is 6.07 Å². The average molecular weight is 399 g/mol. The molecule has 0 aliphatic carbocycles. The van der Waals surface area contributed by atoms with Crippen LogP contribution in [-0.4, -0.2) is 47.8 Å². The molecule has 7 nitrogen and oxygen atoms in total. The van der Waals surface area contributed by atoms with Gasteiger partial charge < -0.3 is 19.9 Å². The van der Waals surface area contributed by atoms with E-state index in [-0.39, 0.29) is 19.1 Å². The summed E-state index contributed by atoms with van der Waals surface area (Å²) < 4.78 is 11.6. The lowest BCUT2D eigenvalue weighted by Crippen LogP contribution is -2.46. The lowest BCUT2D eigenvalue weighted by atomic mass is 9.95. The first kappa shape index (κ1) is 18.6. The van der Waals surface area contributed by atoms with Crippen molar-refractivity contribution in [3.63, 3.8) is 0 Å². The number of amides is 1. The van der Waals surface area contributed by atoms with Crippen LogP contribution in [0.3, 0.4) is 0 Å². The second-order valence-electron chi connectivity index (χ2n) is 5.35. The second kappa shape index (κ2) is 8.91. The van der Waals surface area contributed by atoms with Crippen molar-refractivity contribution >= 4 is 27.8 Å². The Hall–Kier alpha value is -1.77. The highest BCUT2D eigenvalue weighted by molar-refractivity contribution is 9.10. The Labute approximate surface area is 148 Å². The summed E-state index contributed by atoms with van der Waals surface area (Å²) in [6.45, 7) is 4.02. The number of halogens is 1. The monoisotopic (exact) mass is 398 g/mol. The van der Waals surface area contributed by atoms with Crippen LogP contribution in [0, 0.1) is 5.92 Å². The molecule has 0 aromatic carbocycles. The van der Waals surface area contributed by atoms with E-state index in [0.29, 0.717) is 13.0 Å². The molecule has 1 saturated heterocycles. The number of aromatic nitrogens is 1. The summed E-state index contributed by atoms with van der Waals surface area (Å²) in [5.74, 6) is -1.98. The highest BCUT2D eigenvalue weighted by atomic mass is 79.9. The number of carbonyl (C=O) groups is 2. The quantitative estimate of drug-likeness (QED) is 0.510. The van der Waals surface area contributed by atoms with Crippen molar-refractivity contribution < 1.29 is 24.2 Å². The SMILES string of the molecule is C=CCOCC(NC(=O)[C@@H]1CCO[C@H]1c1cncc(Br)c1)C(=O)O. The van der Waals surface area contributed by atoms with Crippen molar-refractivity contribution in [3.8, 4) is 0 Å². The van der Waals surface area contributed by atoms with E-state index < -0.39 is 24.0 Å². The Morgan fingerprint density at radius 3 is 3.04 bits per heavy atom. The van der Waals surface area contributed by atoms with E-state index >= 15 is 0 Å². The summed E-state index contributed by atoms with van der Waals surface area (Å²) in [5, 5.41) is 11.7. The third-order valence-corrected chi connectivity index (χ3v) is 4.05. The van der Waals surface area contributed by atoms with Crippen molar-refractivity contribution in [2.75, 3.05) is 19.8 Å². The molecule has 1 amide bonds. The highest BCUT2D eigenvalue weighted by Gasteiger charge is 2.37. The van der Waals surface area contributed by atoms with E-state index in [2.05, 4.69) is 32.8 Å². The number of carboxylic acids is 1. The Kier molecular flexibility index (Phi) is 6.89. The van der Waals surface area contributed by atoms with Gasteiger partial charge in [-0.25, -0.2) is 4.79 Å². The summed E-state index contributed by atoms with van der Waals surface area (Å²) in [6, 6.07) is 0.727. The van der Waals surface area contributed by atoms with Crippen LogP contribution in [0.15, 0.2) is 35.6 Å². The predicted octanol–water partition coefficient (Wildman–Crippen LogP) is 1.69. The molecule has 24 heavy (non-hydrogen) atoms. The number of nitrogens with zero attached hydrogens (tertiary/aromatic N) is 1. The largest absolute Gasteiger partial charge is 0.480 e. The molecule has 0 saturated carbocycles. The minimum atomic E-state index is -1.15. The average Bonchev–Trinajstić information content (AvgIpc) is 3.03. The van der Waals surface area contributed by atoms with Gasteiger partial charge in [-0.3, -0.25) is 9.78 Å². The zero-order chi connectivity index (χ0) is 17.5. The van der Waals surface area contributed by atoms with Gasteiger partial charge in [-0.05, 0) is 28.4 Å². The van der Waals surface area contributed by atoms with Crippen LogP contribution in [0.4, 0.5) is 0 Å². The Balaban J connectivity index is 2.03. The first-order valence-electron chi connectivity index (χ1n) is 7.46. The Bertz CT molecular complexity index is 610. The van der Waals surface area contributed by atoms with Gasteiger partial charge in [0, 0.05) is 29.0 Å². The number of aliphatic carboxylic acids is 1. The lowest BCUT2D eigenvalue weighted by Gasteiger charge is -2.21. The second-order valence-corrected chi connectivity index (χ2v) is 6.26. The van der Waals surface area contributed by atoms with Crippen molar-refractivity contribution in [2.24, 2.45) is 5.92 Å². The summed E-state index contributed by atoms with van der Waals surface area (Å²) in [7, 11) is 0. The van der Waals surface area contributed by atoms with Crippen LogP contribution in [-0.2, 0) is 19.1 Å². The minimum Gasteiger partial charge on any atom is -0.480 e. The molecule has 2 heterocycles. The number of ether oxygens (including phenoxy) is 2. The van der Waals surface area contributed by atoms with Crippen LogP contribution in [0.5, 0.6) is 0 Å². The minimum absolute atomic E-state index is 0.121. The molecule has 1 aliphatic heterocycles. The number of pyridine rings is 1. The fourth-order valence-corrected chi connectivity index (χ4v) is 2.88. The molecular weight excluding hydrogens is 380 g/mol. The van der Waals surface area contributed by atoms with E-state index in [9.17, 15) is 14.7 Å². The molecule has 1 fully saturated rings. The molecule has 1 aromatic rings. The summed E-state index contributed by atoms with van der Waals surface area (Å²) in [5.41, 5.74) is 0.775. The van der Waals surface area contributed by atoms with Crippen LogP contribution < -0.4 is 5.32 Å². The first-order valence-corrected chi connectivity index (χ1v) is 8.26. The molecule has 0 radical (unpaired) electrons. The molecule has 2 N–H and O–H groups in total. The summed E-state index contributed by atoms with van der Waals surface area (Å²) in [4.78, 5) is 27.9. The first-order chi connectivity index (χ1) is 11.5. The van der Waals surface area contributed by atoms with Gasteiger partial charge in [-0.1, -0.05) is 6.08 Å². The third-order valence-electron chi connectivity index (χ3n) is 3.62. The zero-order valence-electron chi connectivity index (χ0n) is 13.0. The predicted molar refractivity (Wildman–Crippen MR) is 89.3 cm³/mol. The molecule has 130 valence electrons. The van der Waals surface area contributed by atoms with Crippen LogP contribution in [0.25, 0.3) is 0 Å². The van der Waals surface area contributed by atoms with Gasteiger partial charge >= 0.3 is 5.97 Å². The van der Waals surface area contributed by atoms with E-state index in [1.165, 1.54) is 6.08 Å². The van der Waals surface area contributed by atoms with E-state index in [0.717, 1.165) is 10.0 Å². The molecule has 2 rings (SSSR count). The maximum absolute atomic E-state index is 12.5. The van der Waals surface area contributed by atoms with Crippen molar-refractivity contribution in [2.45, 2.75) is 18.6 Å². The number of nitrogens with one attached hydrogen (secondary N) is 1. The fraction of sp³-hybridized carbons (Fsp3) is 0.438. The molecule has 0 spiro atoms. The fourth-order valence-electron chi connectivity index (χ4n) is 2.49. The van der Waals surface area contributed by atoms with E-state index in [1.54, 1.807) is 12.4 Å². The number of carbonyl (C=O) groups excluding carboxylic acids is 1. The molecule has 3 atom stereocenters. The Morgan fingerprint density at radius 2 is 2.38 bits per heavy atom. The number of rotatable bonds is 8. The van der Waals surface area contributed by atoms with Crippen molar-refractivity contribution in [3.05, 3.63) is 41.2 Å². The van der Waals surface area contributed by atoms with Gasteiger partial charge in [0.05, 0.1) is 25.2 Å². The van der Waals surface area contributed by atoms with Gasteiger partial charge in [0.15, 0.2) is 6.04 Å². The molecule has 1 unspecified atom stereocenters. The van der Waals surface area contributed by atoms with E-state index in [4.69, 9.17) is 9.47 Å². The van der Waals surface area contributed by atoms with Gasteiger partial charge in [-0.15, -0.1) is 6.58 Å². The molecule has 1 aromatic heterocycles. The topological polar surface area (TPSA) is 97.8 Å². The van der Waals surface area contributed by atoms with Gasteiger partial charge in [0.2, 0.25) is 5.91 Å².